The van der Waals surface area contributed by atoms with Gasteiger partial charge in [0.2, 0.25) is 11.8 Å². The molecule has 2 N–H and O–H groups in total. The van der Waals surface area contributed by atoms with Crippen LogP contribution in [0.5, 0.6) is 0 Å². The zero-order chi connectivity index (χ0) is 12.4. The molecule has 1 aliphatic heterocycles. The van der Waals surface area contributed by atoms with Gasteiger partial charge in [0, 0.05) is 6.42 Å². The number of nitrogens with zero attached hydrogens (tertiary/aromatic N) is 2. The molecular formula is C12H19ClN4O2. The number of carbonyl (C=O) groups excluding carboxylic acids is 1. The predicted octanol–water partition coefficient (Wildman–Crippen LogP) is 0.812. The van der Waals surface area contributed by atoms with E-state index < -0.39 is 0 Å². The van der Waals surface area contributed by atoms with E-state index in [1.165, 1.54) is 12.8 Å². The third-order valence-electron chi connectivity index (χ3n) is 3.47. The van der Waals surface area contributed by atoms with Crippen LogP contribution in [-0.2, 0) is 17.8 Å². The minimum absolute atomic E-state index is 0. The van der Waals surface area contributed by atoms with Crippen molar-refractivity contribution >= 4 is 18.3 Å². The molecule has 1 atom stereocenters. The Morgan fingerprint density at radius 3 is 2.95 bits per heavy atom. The van der Waals surface area contributed by atoms with Gasteiger partial charge in [-0.05, 0) is 38.1 Å². The molecule has 1 unspecified atom stereocenters. The molecule has 2 aliphatic rings. The Morgan fingerprint density at radius 2 is 2.26 bits per heavy atom. The fraction of sp³-hybridized carbons (Fsp3) is 0.750. The monoisotopic (exact) mass is 286 g/mol. The van der Waals surface area contributed by atoms with Gasteiger partial charge in [-0.15, -0.1) is 12.4 Å². The Labute approximate surface area is 118 Å². The van der Waals surface area contributed by atoms with Crippen molar-refractivity contribution < 1.29 is 9.32 Å². The van der Waals surface area contributed by atoms with Gasteiger partial charge in [0.1, 0.15) is 0 Å². The van der Waals surface area contributed by atoms with Crippen LogP contribution in [0, 0.1) is 5.92 Å². The van der Waals surface area contributed by atoms with E-state index in [-0.39, 0.29) is 24.4 Å². The number of aromatic nitrogens is 2. The Hall–Kier alpha value is -1.14. The summed E-state index contributed by atoms with van der Waals surface area (Å²) >= 11 is 0. The van der Waals surface area contributed by atoms with Crippen LogP contribution in [0.3, 0.4) is 0 Å². The second-order valence-electron chi connectivity index (χ2n) is 5.12. The highest BCUT2D eigenvalue weighted by Gasteiger charge is 2.25. The number of rotatable bonds is 5. The Balaban J connectivity index is 0.00000133. The second-order valence-corrected chi connectivity index (χ2v) is 5.12. The van der Waals surface area contributed by atoms with Crippen molar-refractivity contribution in [3.8, 4) is 0 Å². The highest BCUT2D eigenvalue weighted by atomic mass is 35.5. The zero-order valence-corrected chi connectivity index (χ0v) is 11.5. The van der Waals surface area contributed by atoms with Crippen molar-refractivity contribution in [2.24, 2.45) is 5.92 Å². The number of hydrogen-bond donors (Lipinski definition) is 2. The van der Waals surface area contributed by atoms with Crippen molar-refractivity contribution in [1.29, 1.82) is 0 Å². The van der Waals surface area contributed by atoms with E-state index in [1.54, 1.807) is 0 Å². The summed E-state index contributed by atoms with van der Waals surface area (Å²) in [5.74, 6) is 2.03. The number of halogens is 1. The lowest BCUT2D eigenvalue weighted by atomic mass is 10.2. The second kappa shape index (κ2) is 6.34. The van der Waals surface area contributed by atoms with Crippen LogP contribution in [0.1, 0.15) is 37.4 Å². The number of nitrogens with one attached hydrogen (secondary N) is 2. The van der Waals surface area contributed by atoms with Crippen LogP contribution in [0.25, 0.3) is 0 Å². The topological polar surface area (TPSA) is 80.1 Å². The minimum atomic E-state index is -0.0566. The van der Waals surface area contributed by atoms with Gasteiger partial charge in [-0.3, -0.25) is 4.79 Å². The normalized spacial score (nSPS) is 22.0. The Bertz CT molecular complexity index is 427. The fourth-order valence-corrected chi connectivity index (χ4v) is 2.22. The summed E-state index contributed by atoms with van der Waals surface area (Å²) in [7, 11) is 0. The van der Waals surface area contributed by atoms with Crippen LogP contribution in [0.4, 0.5) is 0 Å². The van der Waals surface area contributed by atoms with E-state index >= 15 is 0 Å². The largest absolute Gasteiger partial charge is 0.346 e. The van der Waals surface area contributed by atoms with Crippen LogP contribution < -0.4 is 10.6 Å². The summed E-state index contributed by atoms with van der Waals surface area (Å²) in [6.45, 7) is 1.25. The number of carbonyl (C=O) groups is 1. The average molecular weight is 287 g/mol. The maximum Gasteiger partial charge on any atom is 0.246 e. The molecule has 0 bridgehead atoms. The molecular weight excluding hydrogens is 268 g/mol. The van der Waals surface area contributed by atoms with Crippen molar-refractivity contribution in [3.05, 3.63) is 11.7 Å². The highest BCUT2D eigenvalue weighted by Crippen LogP contribution is 2.31. The summed E-state index contributed by atoms with van der Waals surface area (Å²) in [5.41, 5.74) is 0. The lowest BCUT2D eigenvalue weighted by Gasteiger charge is -2.08. The predicted molar refractivity (Wildman–Crippen MR) is 70.8 cm³/mol. The van der Waals surface area contributed by atoms with Gasteiger partial charge in [0.25, 0.3) is 0 Å². The summed E-state index contributed by atoms with van der Waals surface area (Å²) in [6.07, 6.45) is 5.41. The summed E-state index contributed by atoms with van der Waals surface area (Å²) < 4.78 is 5.11. The van der Waals surface area contributed by atoms with Gasteiger partial charge < -0.3 is 15.2 Å². The molecule has 0 spiro atoms. The lowest BCUT2D eigenvalue weighted by Crippen LogP contribution is -2.40. The van der Waals surface area contributed by atoms with E-state index in [0.717, 1.165) is 37.5 Å². The smallest absolute Gasteiger partial charge is 0.246 e. The maximum atomic E-state index is 11.7. The molecule has 1 amide bonds. The van der Waals surface area contributed by atoms with Gasteiger partial charge in [-0.1, -0.05) is 5.16 Å². The standard InChI is InChI=1S/C12H18N4O2.ClH/c17-12(9-2-1-5-13-9)14-7-11-15-10(16-18-11)6-8-3-4-8;/h8-9,13H,1-7H2,(H,14,17);1H. The fourth-order valence-electron chi connectivity index (χ4n) is 2.22. The molecule has 3 rings (SSSR count). The lowest BCUT2D eigenvalue weighted by molar-refractivity contribution is -0.123. The molecule has 1 aliphatic carbocycles. The van der Waals surface area contributed by atoms with Crippen molar-refractivity contribution in [2.45, 2.75) is 44.7 Å². The zero-order valence-electron chi connectivity index (χ0n) is 10.7. The van der Waals surface area contributed by atoms with Crippen molar-refractivity contribution in [1.82, 2.24) is 20.8 Å². The SMILES string of the molecule is Cl.O=C(NCc1nc(CC2CC2)no1)C1CCCN1. The molecule has 1 aromatic heterocycles. The maximum absolute atomic E-state index is 11.7. The summed E-state index contributed by atoms with van der Waals surface area (Å²) in [4.78, 5) is 16.0. The first-order valence-corrected chi connectivity index (χ1v) is 6.64. The first kappa shape index (κ1) is 14.3. The molecule has 106 valence electrons. The van der Waals surface area contributed by atoms with E-state index in [4.69, 9.17) is 4.52 Å². The molecule has 0 aromatic carbocycles. The van der Waals surface area contributed by atoms with Gasteiger partial charge in [-0.2, -0.15) is 4.98 Å². The Kier molecular flexibility index (Phi) is 4.76. The van der Waals surface area contributed by atoms with Crippen molar-refractivity contribution in [3.63, 3.8) is 0 Å². The molecule has 1 aromatic rings. The quantitative estimate of drug-likeness (QED) is 0.837. The van der Waals surface area contributed by atoms with Crippen LogP contribution in [0.2, 0.25) is 0 Å². The molecule has 1 saturated heterocycles. The van der Waals surface area contributed by atoms with E-state index in [2.05, 4.69) is 20.8 Å². The molecule has 2 fully saturated rings. The molecule has 19 heavy (non-hydrogen) atoms. The Morgan fingerprint density at radius 1 is 1.42 bits per heavy atom. The molecule has 2 heterocycles. The van der Waals surface area contributed by atoms with E-state index in [9.17, 15) is 4.79 Å². The number of hydrogen-bond acceptors (Lipinski definition) is 5. The summed E-state index contributed by atoms with van der Waals surface area (Å²) in [6, 6.07) is -0.0566. The van der Waals surface area contributed by atoms with Gasteiger partial charge >= 0.3 is 0 Å². The number of amides is 1. The summed E-state index contributed by atoms with van der Waals surface area (Å²) in [5, 5.41) is 9.90. The first-order valence-electron chi connectivity index (χ1n) is 6.64. The average Bonchev–Trinajstić information content (AvgIpc) is 2.87. The van der Waals surface area contributed by atoms with E-state index in [1.807, 2.05) is 0 Å². The highest BCUT2D eigenvalue weighted by molar-refractivity contribution is 5.85. The van der Waals surface area contributed by atoms with Gasteiger partial charge in [-0.25, -0.2) is 0 Å². The molecule has 1 saturated carbocycles. The van der Waals surface area contributed by atoms with Crippen LogP contribution in [0.15, 0.2) is 4.52 Å². The van der Waals surface area contributed by atoms with E-state index in [0.29, 0.717) is 12.4 Å². The van der Waals surface area contributed by atoms with Gasteiger partial charge in [0.05, 0.1) is 12.6 Å². The molecule has 6 nitrogen and oxygen atoms in total. The first-order chi connectivity index (χ1) is 8.81. The van der Waals surface area contributed by atoms with Crippen molar-refractivity contribution in [2.75, 3.05) is 6.54 Å². The molecule has 7 heteroatoms. The third-order valence-corrected chi connectivity index (χ3v) is 3.47. The van der Waals surface area contributed by atoms with Crippen LogP contribution in [-0.4, -0.2) is 28.6 Å². The molecule has 0 radical (unpaired) electrons. The van der Waals surface area contributed by atoms with Gasteiger partial charge in [0.15, 0.2) is 5.82 Å². The van der Waals surface area contributed by atoms with Crippen LogP contribution >= 0.6 is 12.4 Å². The minimum Gasteiger partial charge on any atom is -0.346 e. The third kappa shape index (κ3) is 3.91.